The highest BCUT2D eigenvalue weighted by molar-refractivity contribution is 7.89. The van der Waals surface area contributed by atoms with E-state index in [0.29, 0.717) is 17.1 Å². The first-order valence-electron chi connectivity index (χ1n) is 7.68. The third-order valence-electron chi connectivity index (χ3n) is 4.27. The van der Waals surface area contributed by atoms with Crippen LogP contribution in [0.4, 0.5) is 5.69 Å². The molecule has 7 heteroatoms. The van der Waals surface area contributed by atoms with Crippen molar-refractivity contribution in [3.05, 3.63) is 48.0 Å². The molecule has 0 aliphatic carbocycles. The predicted molar refractivity (Wildman–Crippen MR) is 88.4 cm³/mol. The van der Waals surface area contributed by atoms with Gasteiger partial charge in [-0.3, -0.25) is 0 Å². The molecule has 24 heavy (non-hydrogen) atoms. The minimum Gasteiger partial charge on any atom is -0.457 e. The molecule has 2 aliphatic heterocycles. The molecule has 1 saturated heterocycles. The quantitative estimate of drug-likeness (QED) is 0.908. The minimum atomic E-state index is -3.55. The van der Waals surface area contributed by atoms with Crippen LogP contribution in [0.25, 0.3) is 0 Å². The molecular weight excluding hydrogens is 326 g/mol. The number of nitrogens with zero attached hydrogens (tertiary/aromatic N) is 2. The number of rotatable bonds is 2. The zero-order valence-corrected chi connectivity index (χ0v) is 13.6. The summed E-state index contributed by atoms with van der Waals surface area (Å²) in [6.45, 7) is 0.838. The molecule has 2 aromatic carbocycles. The Labute approximate surface area is 140 Å². The van der Waals surface area contributed by atoms with Crippen LogP contribution >= 0.6 is 0 Å². The van der Waals surface area contributed by atoms with Crippen LogP contribution in [0.2, 0.25) is 0 Å². The van der Waals surface area contributed by atoms with Gasteiger partial charge in [-0.1, -0.05) is 6.07 Å². The van der Waals surface area contributed by atoms with Crippen molar-refractivity contribution in [1.29, 1.82) is 5.26 Å². The Morgan fingerprint density at radius 2 is 2.04 bits per heavy atom. The van der Waals surface area contributed by atoms with Gasteiger partial charge in [-0.05, 0) is 43.2 Å². The zero-order chi connectivity index (χ0) is 16.7. The standard InChI is InChI=1S/C17H15N3O3S/c18-11-12-3-1-4-13(9-12)23-14-6-7-15-16(10-14)24(21,22)19-17-5-2-8-20(15)17/h1,3-4,6-7,9-10,17,19H,2,5,8H2. The molecule has 6 nitrogen and oxygen atoms in total. The summed E-state index contributed by atoms with van der Waals surface area (Å²) in [5, 5.41) is 8.94. The van der Waals surface area contributed by atoms with Crippen molar-refractivity contribution in [2.24, 2.45) is 0 Å². The van der Waals surface area contributed by atoms with Crippen LogP contribution < -0.4 is 14.4 Å². The molecule has 0 spiro atoms. The van der Waals surface area contributed by atoms with Crippen LogP contribution in [0.1, 0.15) is 18.4 Å². The van der Waals surface area contributed by atoms with Crippen LogP contribution in [0.15, 0.2) is 47.4 Å². The number of fused-ring (bicyclic) bond motifs is 3. The number of ether oxygens (including phenoxy) is 1. The van der Waals surface area contributed by atoms with E-state index in [1.54, 1.807) is 36.4 Å². The highest BCUT2D eigenvalue weighted by Gasteiger charge is 2.37. The summed E-state index contributed by atoms with van der Waals surface area (Å²) in [6, 6.07) is 13.9. The maximum absolute atomic E-state index is 12.5. The van der Waals surface area contributed by atoms with Gasteiger partial charge in [0, 0.05) is 12.6 Å². The van der Waals surface area contributed by atoms with Crippen LogP contribution in [0.3, 0.4) is 0 Å². The van der Waals surface area contributed by atoms with Crippen molar-refractivity contribution in [3.63, 3.8) is 0 Å². The third kappa shape index (κ3) is 2.50. The van der Waals surface area contributed by atoms with Crippen LogP contribution in [-0.2, 0) is 10.0 Å². The molecule has 0 aromatic heterocycles. The smallest absolute Gasteiger partial charge is 0.244 e. The molecule has 2 aliphatic rings. The molecular formula is C17H15N3O3S. The van der Waals surface area contributed by atoms with E-state index >= 15 is 0 Å². The first-order chi connectivity index (χ1) is 11.6. The van der Waals surface area contributed by atoms with Crippen molar-refractivity contribution in [2.75, 3.05) is 11.4 Å². The lowest BCUT2D eigenvalue weighted by Gasteiger charge is -2.33. The summed E-state index contributed by atoms with van der Waals surface area (Å²) in [5.74, 6) is 0.918. The monoisotopic (exact) mass is 341 g/mol. The molecule has 1 unspecified atom stereocenters. The van der Waals surface area contributed by atoms with Gasteiger partial charge in [0.05, 0.1) is 23.5 Å². The van der Waals surface area contributed by atoms with Gasteiger partial charge in [-0.2, -0.15) is 9.98 Å². The average molecular weight is 341 g/mol. The summed E-state index contributed by atoms with van der Waals surface area (Å²) in [6.07, 6.45) is 1.63. The summed E-state index contributed by atoms with van der Waals surface area (Å²) in [5.41, 5.74) is 1.20. The minimum absolute atomic E-state index is 0.151. The maximum atomic E-state index is 12.5. The largest absolute Gasteiger partial charge is 0.457 e. The number of sulfonamides is 1. The van der Waals surface area contributed by atoms with Crippen molar-refractivity contribution in [3.8, 4) is 17.6 Å². The lowest BCUT2D eigenvalue weighted by molar-refractivity contribution is 0.479. The van der Waals surface area contributed by atoms with Crippen molar-refractivity contribution in [1.82, 2.24) is 4.72 Å². The second-order valence-corrected chi connectivity index (χ2v) is 7.53. The summed E-state index contributed by atoms with van der Waals surface area (Å²) >= 11 is 0. The van der Waals surface area contributed by atoms with Gasteiger partial charge in [0.15, 0.2) is 0 Å². The normalized spacial score (nSPS) is 20.8. The van der Waals surface area contributed by atoms with Gasteiger partial charge in [0.25, 0.3) is 0 Å². The van der Waals surface area contributed by atoms with Gasteiger partial charge >= 0.3 is 0 Å². The van der Waals surface area contributed by atoms with E-state index in [-0.39, 0.29) is 11.1 Å². The number of hydrogen-bond acceptors (Lipinski definition) is 5. The summed E-state index contributed by atoms with van der Waals surface area (Å²) in [7, 11) is -3.55. The molecule has 0 amide bonds. The zero-order valence-electron chi connectivity index (χ0n) is 12.8. The van der Waals surface area contributed by atoms with Crippen molar-refractivity contribution >= 4 is 15.7 Å². The van der Waals surface area contributed by atoms with E-state index in [1.807, 2.05) is 6.07 Å². The van der Waals surface area contributed by atoms with Gasteiger partial charge in [-0.15, -0.1) is 0 Å². The Kier molecular flexibility index (Phi) is 3.44. The number of benzene rings is 2. The molecule has 1 atom stereocenters. The third-order valence-corrected chi connectivity index (χ3v) is 5.76. The molecule has 2 aromatic rings. The fourth-order valence-electron chi connectivity index (χ4n) is 3.20. The van der Waals surface area contributed by atoms with Gasteiger partial charge in [0.1, 0.15) is 16.4 Å². The van der Waals surface area contributed by atoms with E-state index in [2.05, 4.69) is 9.62 Å². The predicted octanol–water partition coefficient (Wildman–Crippen LogP) is 2.57. The van der Waals surface area contributed by atoms with Gasteiger partial charge < -0.3 is 9.64 Å². The van der Waals surface area contributed by atoms with Crippen LogP contribution in [0.5, 0.6) is 11.5 Å². The highest BCUT2D eigenvalue weighted by Crippen LogP contribution is 2.38. The summed E-state index contributed by atoms with van der Waals surface area (Å²) < 4.78 is 33.4. The van der Waals surface area contributed by atoms with Gasteiger partial charge in [-0.25, -0.2) is 8.42 Å². The van der Waals surface area contributed by atoms with E-state index < -0.39 is 10.0 Å². The lowest BCUT2D eigenvalue weighted by Crippen LogP contribution is -2.48. The number of anilines is 1. The SMILES string of the molecule is N#Cc1cccc(Oc2ccc3c(c2)S(=O)(=O)NC2CCCN32)c1. The fourth-order valence-corrected chi connectivity index (χ4v) is 4.66. The number of hydrogen-bond donors (Lipinski definition) is 1. The van der Waals surface area contributed by atoms with Crippen molar-refractivity contribution < 1.29 is 13.2 Å². The number of nitriles is 1. The maximum Gasteiger partial charge on any atom is 0.244 e. The Morgan fingerprint density at radius 1 is 1.21 bits per heavy atom. The Morgan fingerprint density at radius 3 is 2.88 bits per heavy atom. The molecule has 0 bridgehead atoms. The summed E-state index contributed by atoms with van der Waals surface area (Å²) in [4.78, 5) is 2.31. The molecule has 122 valence electrons. The fraction of sp³-hybridized carbons (Fsp3) is 0.235. The molecule has 2 heterocycles. The van der Waals surface area contributed by atoms with E-state index in [1.165, 1.54) is 6.07 Å². The van der Waals surface area contributed by atoms with E-state index in [4.69, 9.17) is 10.00 Å². The van der Waals surface area contributed by atoms with E-state index in [9.17, 15) is 8.42 Å². The Bertz CT molecular complexity index is 950. The van der Waals surface area contributed by atoms with E-state index in [0.717, 1.165) is 25.1 Å². The Hall–Kier alpha value is -2.56. The Balaban J connectivity index is 1.71. The van der Waals surface area contributed by atoms with Crippen molar-refractivity contribution in [2.45, 2.75) is 23.9 Å². The number of nitrogens with one attached hydrogen (secondary N) is 1. The first kappa shape index (κ1) is 15.0. The first-order valence-corrected chi connectivity index (χ1v) is 9.16. The topological polar surface area (TPSA) is 82.4 Å². The molecule has 1 fully saturated rings. The molecule has 0 radical (unpaired) electrons. The molecule has 1 N–H and O–H groups in total. The second-order valence-electron chi connectivity index (χ2n) is 5.84. The second kappa shape index (κ2) is 5.51. The average Bonchev–Trinajstić information content (AvgIpc) is 3.02. The molecule has 4 rings (SSSR count). The lowest BCUT2D eigenvalue weighted by atomic mass is 10.2. The molecule has 0 saturated carbocycles. The highest BCUT2D eigenvalue weighted by atomic mass is 32.2. The van der Waals surface area contributed by atoms with Crippen LogP contribution in [0, 0.1) is 11.3 Å². The van der Waals surface area contributed by atoms with Gasteiger partial charge in [0.2, 0.25) is 10.0 Å². The van der Waals surface area contributed by atoms with Crippen LogP contribution in [-0.4, -0.2) is 21.1 Å².